The molecule has 0 saturated carbocycles. The first kappa shape index (κ1) is 15.7. The van der Waals surface area contributed by atoms with Crippen LogP contribution in [0.5, 0.6) is 0 Å². The van der Waals surface area contributed by atoms with Gasteiger partial charge >= 0.3 is 0 Å². The highest BCUT2D eigenvalue weighted by atomic mass is 32.9. The van der Waals surface area contributed by atoms with Gasteiger partial charge in [-0.15, -0.1) is 9.05 Å². The summed E-state index contributed by atoms with van der Waals surface area (Å²) >= 11 is 3.24. The van der Waals surface area contributed by atoms with Crippen LogP contribution >= 0.6 is 0 Å². The molecule has 0 radical (unpaired) electrons. The Morgan fingerprint density at radius 2 is 1.29 bits per heavy atom. The summed E-state index contributed by atoms with van der Waals surface area (Å²) < 4.78 is 26.7. The zero-order chi connectivity index (χ0) is 4.50. The SMILES string of the molecule is O.O.O=S([O-])([O-])=S. The van der Waals surface area contributed by atoms with Crippen LogP contribution in [0.4, 0.5) is 0 Å². The average Bonchev–Trinajstić information content (AvgIpc) is 0.722. The van der Waals surface area contributed by atoms with E-state index in [2.05, 4.69) is 11.2 Å². The third-order valence-electron chi connectivity index (χ3n) is 0. The molecule has 0 heterocycles. The van der Waals surface area contributed by atoms with Crippen LogP contribution < -0.4 is 0 Å². The Morgan fingerprint density at radius 1 is 1.29 bits per heavy atom. The van der Waals surface area contributed by atoms with Crippen LogP contribution in [0, 0.1) is 0 Å². The maximum Gasteiger partial charge on any atom is -0.0484 e. The quantitative estimate of drug-likeness (QED) is 0.371. The molecule has 0 aliphatic rings. The van der Waals surface area contributed by atoms with E-state index in [0.717, 1.165) is 0 Å². The van der Waals surface area contributed by atoms with Crippen molar-refractivity contribution in [2.45, 2.75) is 0 Å². The van der Waals surface area contributed by atoms with E-state index < -0.39 is 9.05 Å². The standard InChI is InChI=1S/H2O3S2.2H2O/c1-5(2,3)4;;/h(H2,1,2,3,4);2*1H2/p-2. The Hall–Kier alpha value is 0.210. The van der Waals surface area contributed by atoms with Gasteiger partial charge in [0.25, 0.3) is 0 Å². The number of rotatable bonds is 0. The first-order chi connectivity index (χ1) is 2.00. The van der Waals surface area contributed by atoms with Gasteiger partial charge in [-0.2, -0.15) is 0 Å². The van der Waals surface area contributed by atoms with E-state index in [9.17, 15) is 0 Å². The smallest absolute Gasteiger partial charge is 0.0484 e. The molecule has 0 amide bonds. The van der Waals surface area contributed by atoms with Gasteiger partial charge in [0.2, 0.25) is 0 Å². The lowest BCUT2D eigenvalue weighted by molar-refractivity contribution is 0.416. The van der Waals surface area contributed by atoms with Crippen molar-refractivity contribution in [2.24, 2.45) is 0 Å². The molecular formula is H4O5S2-2. The van der Waals surface area contributed by atoms with Gasteiger partial charge in [0.1, 0.15) is 0 Å². The third-order valence-corrected chi connectivity index (χ3v) is 0. The average molecular weight is 148 g/mol. The number of hydrogen-bond acceptors (Lipinski definition) is 4. The monoisotopic (exact) mass is 148 g/mol. The predicted octanol–water partition coefficient (Wildman–Crippen LogP) is -2.66. The molecule has 0 spiro atoms. The van der Waals surface area contributed by atoms with Gasteiger partial charge in [-0.25, -0.2) is 0 Å². The Kier molecular flexibility index (Phi) is 9.80. The van der Waals surface area contributed by atoms with E-state index in [0.29, 0.717) is 0 Å². The second-order valence-electron chi connectivity index (χ2n) is 0.408. The minimum atomic E-state index is -4.33. The van der Waals surface area contributed by atoms with E-state index >= 15 is 0 Å². The van der Waals surface area contributed by atoms with E-state index in [-0.39, 0.29) is 11.0 Å². The summed E-state index contributed by atoms with van der Waals surface area (Å²) in [6, 6.07) is 0. The fourth-order valence-corrected chi connectivity index (χ4v) is 0. The summed E-state index contributed by atoms with van der Waals surface area (Å²) in [4.78, 5) is 0. The zero-order valence-electron chi connectivity index (χ0n) is 3.04. The molecule has 4 N–H and O–H groups in total. The first-order valence-corrected chi connectivity index (χ1v) is 3.00. The van der Waals surface area contributed by atoms with Crippen LogP contribution in [0.1, 0.15) is 0 Å². The van der Waals surface area contributed by atoms with E-state index in [1.807, 2.05) is 0 Å². The van der Waals surface area contributed by atoms with Gasteiger partial charge in [0, 0.05) is 0 Å². The van der Waals surface area contributed by atoms with Crippen molar-refractivity contribution in [3.05, 3.63) is 0 Å². The van der Waals surface area contributed by atoms with Crippen molar-refractivity contribution in [1.82, 2.24) is 0 Å². The molecule has 0 unspecified atom stereocenters. The molecule has 48 valence electrons. The molecule has 7 heavy (non-hydrogen) atoms. The molecule has 0 fully saturated rings. The van der Waals surface area contributed by atoms with Crippen LogP contribution in [0.25, 0.3) is 0 Å². The lowest BCUT2D eigenvalue weighted by Gasteiger charge is -2.12. The van der Waals surface area contributed by atoms with Gasteiger partial charge in [-0.1, -0.05) is 0 Å². The van der Waals surface area contributed by atoms with Crippen molar-refractivity contribution in [3.63, 3.8) is 0 Å². The predicted molar refractivity (Wildman–Crippen MR) is 24.3 cm³/mol. The molecule has 0 atom stereocenters. The maximum atomic E-state index is 8.89. The molecule has 0 aliphatic carbocycles. The van der Waals surface area contributed by atoms with E-state index in [4.69, 9.17) is 13.3 Å². The molecule has 5 nitrogen and oxygen atoms in total. The lowest BCUT2D eigenvalue weighted by atomic mass is 15.8. The summed E-state index contributed by atoms with van der Waals surface area (Å²) in [5.74, 6) is 0. The molecular weight excluding hydrogens is 144 g/mol. The zero-order valence-corrected chi connectivity index (χ0v) is 4.67. The lowest BCUT2D eigenvalue weighted by Crippen LogP contribution is -1.88. The van der Waals surface area contributed by atoms with Crippen molar-refractivity contribution >= 4 is 20.2 Å². The van der Waals surface area contributed by atoms with Gasteiger partial charge in [-0.3, -0.25) is 4.21 Å². The molecule has 0 bridgehead atoms. The van der Waals surface area contributed by atoms with Crippen molar-refractivity contribution < 1.29 is 24.3 Å². The number of hydrogen-bond donors (Lipinski definition) is 0. The normalized spacial score (nSPS) is 8.29. The van der Waals surface area contributed by atoms with Crippen LogP contribution in [0.3, 0.4) is 0 Å². The first-order valence-electron chi connectivity index (χ1n) is 0.667. The minimum absolute atomic E-state index is 0. The van der Waals surface area contributed by atoms with Gasteiger partial charge in [-0.05, 0) is 11.2 Å². The molecule has 0 aromatic rings. The Balaban J connectivity index is -0.0000000800. The highest BCUT2D eigenvalue weighted by Gasteiger charge is 1.43. The Bertz CT molecular complexity index is 89.2. The van der Waals surface area contributed by atoms with Crippen LogP contribution in [0.2, 0.25) is 0 Å². The summed E-state index contributed by atoms with van der Waals surface area (Å²) in [6.45, 7) is 0. The van der Waals surface area contributed by atoms with Gasteiger partial charge in [0.15, 0.2) is 0 Å². The fourth-order valence-electron chi connectivity index (χ4n) is 0. The summed E-state index contributed by atoms with van der Waals surface area (Å²) in [7, 11) is -4.33. The third kappa shape index (κ3) is 2500. The molecule has 0 saturated heterocycles. The second-order valence-corrected chi connectivity index (χ2v) is 2.45. The molecule has 0 aliphatic heterocycles. The summed E-state index contributed by atoms with van der Waals surface area (Å²) in [6.07, 6.45) is 0. The molecule has 0 aromatic heterocycles. The van der Waals surface area contributed by atoms with Crippen LogP contribution in [-0.4, -0.2) is 24.3 Å². The highest BCUT2D eigenvalue weighted by Crippen LogP contribution is 1.60. The van der Waals surface area contributed by atoms with Crippen LogP contribution in [-0.2, 0) is 20.2 Å². The van der Waals surface area contributed by atoms with E-state index in [1.165, 1.54) is 0 Å². The van der Waals surface area contributed by atoms with Crippen LogP contribution in [0.15, 0.2) is 0 Å². The van der Waals surface area contributed by atoms with Gasteiger partial charge in [0.05, 0.1) is 0 Å². The summed E-state index contributed by atoms with van der Waals surface area (Å²) in [5.41, 5.74) is 0. The summed E-state index contributed by atoms with van der Waals surface area (Å²) in [5, 5.41) is 0. The minimum Gasteiger partial charge on any atom is -0.780 e. The maximum absolute atomic E-state index is 8.89. The second kappa shape index (κ2) is 4.37. The highest BCUT2D eigenvalue weighted by molar-refractivity contribution is 8.26. The Morgan fingerprint density at radius 3 is 1.29 bits per heavy atom. The van der Waals surface area contributed by atoms with Crippen molar-refractivity contribution in [1.29, 1.82) is 0 Å². The van der Waals surface area contributed by atoms with Gasteiger partial charge < -0.3 is 20.1 Å². The molecule has 7 heteroatoms. The van der Waals surface area contributed by atoms with Crippen molar-refractivity contribution in [2.75, 3.05) is 0 Å². The molecule has 0 aromatic carbocycles. The molecule has 0 rings (SSSR count). The van der Waals surface area contributed by atoms with E-state index in [1.54, 1.807) is 0 Å². The largest absolute Gasteiger partial charge is 0.780 e. The fraction of sp³-hybridized carbons (Fsp3) is 0. The Labute approximate surface area is 45.3 Å². The van der Waals surface area contributed by atoms with Crippen molar-refractivity contribution in [3.8, 4) is 0 Å². The topological polar surface area (TPSA) is 126 Å².